The highest BCUT2D eigenvalue weighted by atomic mass is 35.5. The number of aryl methyl sites for hydroxylation is 1. The lowest BCUT2D eigenvalue weighted by Crippen LogP contribution is -1.93. The summed E-state index contributed by atoms with van der Waals surface area (Å²) in [5.74, 6) is 0.0406. The van der Waals surface area contributed by atoms with Crippen molar-refractivity contribution in [2.75, 3.05) is 0 Å². The van der Waals surface area contributed by atoms with E-state index in [1.165, 1.54) is 4.52 Å². The van der Waals surface area contributed by atoms with E-state index in [1.54, 1.807) is 31.3 Å². The Balaban J connectivity index is 2.31. The van der Waals surface area contributed by atoms with Crippen LogP contribution in [0.1, 0.15) is 5.69 Å². The minimum Gasteiger partial charge on any atom is -0.493 e. The van der Waals surface area contributed by atoms with Gasteiger partial charge in [0.25, 0.3) is 0 Å². The second kappa shape index (κ2) is 4.40. The normalized spacial score (nSPS) is 11.1. The van der Waals surface area contributed by atoms with Crippen LogP contribution in [0.25, 0.3) is 16.8 Å². The maximum absolute atomic E-state index is 9.83. The molecule has 0 radical (unpaired) electrons. The highest BCUT2D eigenvalue weighted by molar-refractivity contribution is 6.36. The SMILES string of the molecule is Cc1cc(O)n2ncc(-c3ccc(Cl)cc3Cl)c2n1. The Bertz CT molecular complexity index is 783. The lowest BCUT2D eigenvalue weighted by Gasteiger charge is -2.04. The molecule has 0 saturated heterocycles. The van der Waals surface area contributed by atoms with Crippen molar-refractivity contribution in [1.29, 1.82) is 0 Å². The Morgan fingerprint density at radius 2 is 1.95 bits per heavy atom. The van der Waals surface area contributed by atoms with Gasteiger partial charge in [-0.15, -0.1) is 0 Å². The molecule has 0 unspecified atom stereocenters. The zero-order valence-corrected chi connectivity index (χ0v) is 11.4. The first-order valence-corrected chi connectivity index (χ1v) is 6.31. The minimum atomic E-state index is 0.0406. The molecule has 0 saturated carbocycles. The van der Waals surface area contributed by atoms with E-state index in [1.807, 2.05) is 6.07 Å². The number of aromatic nitrogens is 3. The molecular formula is C13H9Cl2N3O. The van der Waals surface area contributed by atoms with Crippen molar-refractivity contribution >= 4 is 28.8 Å². The standard InChI is InChI=1S/C13H9Cl2N3O/c1-7-4-12(19)18-13(17-7)10(6-16-18)9-3-2-8(14)5-11(9)15/h2-6,19H,1H3. The maximum atomic E-state index is 9.83. The van der Waals surface area contributed by atoms with Gasteiger partial charge in [0.15, 0.2) is 5.65 Å². The van der Waals surface area contributed by atoms with Gasteiger partial charge in [-0.2, -0.15) is 9.61 Å². The number of benzene rings is 1. The minimum absolute atomic E-state index is 0.0406. The first kappa shape index (κ1) is 12.3. The van der Waals surface area contributed by atoms with E-state index in [4.69, 9.17) is 23.2 Å². The summed E-state index contributed by atoms with van der Waals surface area (Å²) in [7, 11) is 0. The van der Waals surface area contributed by atoms with Crippen molar-refractivity contribution in [3.05, 3.63) is 46.2 Å². The topological polar surface area (TPSA) is 50.4 Å². The monoisotopic (exact) mass is 293 g/mol. The molecule has 0 aliphatic carbocycles. The van der Waals surface area contributed by atoms with Gasteiger partial charge in [0.05, 0.1) is 11.2 Å². The molecule has 3 aromatic rings. The fourth-order valence-corrected chi connectivity index (χ4v) is 2.47. The Kier molecular flexibility index (Phi) is 2.84. The van der Waals surface area contributed by atoms with Crippen LogP contribution in [-0.2, 0) is 0 Å². The van der Waals surface area contributed by atoms with Gasteiger partial charge < -0.3 is 5.11 Å². The molecule has 0 bridgehead atoms. The number of rotatable bonds is 1. The van der Waals surface area contributed by atoms with E-state index >= 15 is 0 Å². The molecule has 0 fully saturated rings. The summed E-state index contributed by atoms with van der Waals surface area (Å²) < 4.78 is 1.37. The fourth-order valence-electron chi connectivity index (χ4n) is 1.96. The predicted molar refractivity (Wildman–Crippen MR) is 74.8 cm³/mol. The maximum Gasteiger partial charge on any atom is 0.215 e. The zero-order valence-electron chi connectivity index (χ0n) is 9.93. The Morgan fingerprint density at radius 1 is 1.16 bits per heavy atom. The third kappa shape index (κ3) is 2.03. The van der Waals surface area contributed by atoms with E-state index in [2.05, 4.69) is 10.1 Å². The van der Waals surface area contributed by atoms with Gasteiger partial charge in [-0.3, -0.25) is 0 Å². The molecule has 3 rings (SSSR count). The number of fused-ring (bicyclic) bond motifs is 1. The third-order valence-corrected chi connectivity index (χ3v) is 3.35. The van der Waals surface area contributed by atoms with Gasteiger partial charge >= 0.3 is 0 Å². The molecule has 1 N–H and O–H groups in total. The van der Waals surface area contributed by atoms with Crippen LogP contribution in [0.4, 0.5) is 0 Å². The second-order valence-corrected chi connectivity index (χ2v) is 5.02. The first-order chi connectivity index (χ1) is 9.06. The van der Waals surface area contributed by atoms with Crippen molar-refractivity contribution in [1.82, 2.24) is 14.6 Å². The van der Waals surface area contributed by atoms with Crippen LogP contribution >= 0.6 is 23.2 Å². The summed E-state index contributed by atoms with van der Waals surface area (Å²) >= 11 is 12.1. The molecule has 0 aliphatic rings. The molecule has 1 aromatic carbocycles. The Morgan fingerprint density at radius 3 is 2.68 bits per heavy atom. The first-order valence-electron chi connectivity index (χ1n) is 5.56. The number of halogens is 2. The van der Waals surface area contributed by atoms with Gasteiger partial charge in [0.2, 0.25) is 5.88 Å². The number of hydrogen-bond donors (Lipinski definition) is 1. The average molecular weight is 294 g/mol. The van der Waals surface area contributed by atoms with Crippen molar-refractivity contribution in [2.45, 2.75) is 6.92 Å². The molecular weight excluding hydrogens is 285 g/mol. The second-order valence-electron chi connectivity index (χ2n) is 4.17. The molecule has 19 heavy (non-hydrogen) atoms. The van der Waals surface area contributed by atoms with Gasteiger partial charge in [0, 0.05) is 27.9 Å². The van der Waals surface area contributed by atoms with Gasteiger partial charge in [-0.25, -0.2) is 4.98 Å². The lowest BCUT2D eigenvalue weighted by atomic mass is 10.1. The van der Waals surface area contributed by atoms with Crippen LogP contribution in [0.3, 0.4) is 0 Å². The number of nitrogens with zero attached hydrogens (tertiary/aromatic N) is 3. The smallest absolute Gasteiger partial charge is 0.215 e. The van der Waals surface area contributed by atoms with Crippen molar-refractivity contribution in [3.63, 3.8) is 0 Å². The average Bonchev–Trinajstić information content (AvgIpc) is 2.73. The summed E-state index contributed by atoms with van der Waals surface area (Å²) in [5, 5.41) is 15.0. The largest absolute Gasteiger partial charge is 0.493 e. The van der Waals surface area contributed by atoms with Crippen molar-refractivity contribution < 1.29 is 5.11 Å². The third-order valence-electron chi connectivity index (χ3n) is 2.80. The highest BCUT2D eigenvalue weighted by Gasteiger charge is 2.14. The van der Waals surface area contributed by atoms with E-state index in [0.717, 1.165) is 11.1 Å². The highest BCUT2D eigenvalue weighted by Crippen LogP contribution is 2.33. The predicted octanol–water partition coefficient (Wildman–Crippen LogP) is 3.72. The molecule has 4 nitrogen and oxygen atoms in total. The molecule has 0 spiro atoms. The Labute approximate surface area is 119 Å². The van der Waals surface area contributed by atoms with Crippen LogP contribution in [-0.4, -0.2) is 19.7 Å². The Hall–Kier alpha value is -1.78. The van der Waals surface area contributed by atoms with Crippen LogP contribution in [0.5, 0.6) is 5.88 Å². The van der Waals surface area contributed by atoms with E-state index in [-0.39, 0.29) is 5.88 Å². The lowest BCUT2D eigenvalue weighted by molar-refractivity contribution is 0.434. The van der Waals surface area contributed by atoms with E-state index in [0.29, 0.717) is 21.4 Å². The van der Waals surface area contributed by atoms with Crippen LogP contribution in [0.2, 0.25) is 10.0 Å². The summed E-state index contributed by atoms with van der Waals surface area (Å²) in [6.07, 6.45) is 1.62. The molecule has 6 heteroatoms. The molecule has 0 aliphatic heterocycles. The molecule has 2 aromatic heterocycles. The molecule has 0 atom stereocenters. The quantitative estimate of drug-likeness (QED) is 0.744. The molecule has 2 heterocycles. The van der Waals surface area contributed by atoms with E-state index in [9.17, 15) is 5.11 Å². The number of aromatic hydroxyl groups is 1. The molecule has 96 valence electrons. The summed E-state index contributed by atoms with van der Waals surface area (Å²) in [5.41, 5.74) is 2.79. The van der Waals surface area contributed by atoms with Crippen molar-refractivity contribution in [2.24, 2.45) is 0 Å². The van der Waals surface area contributed by atoms with Crippen LogP contribution in [0.15, 0.2) is 30.5 Å². The summed E-state index contributed by atoms with van der Waals surface area (Å²) in [4.78, 5) is 4.39. The fraction of sp³-hybridized carbons (Fsp3) is 0.0769. The van der Waals surface area contributed by atoms with Gasteiger partial charge in [0.1, 0.15) is 0 Å². The summed E-state index contributed by atoms with van der Waals surface area (Å²) in [6.45, 7) is 1.81. The number of hydrogen-bond acceptors (Lipinski definition) is 3. The van der Waals surface area contributed by atoms with Gasteiger partial charge in [-0.1, -0.05) is 29.3 Å². The van der Waals surface area contributed by atoms with Crippen LogP contribution in [0, 0.1) is 6.92 Å². The van der Waals surface area contributed by atoms with E-state index < -0.39 is 0 Å². The van der Waals surface area contributed by atoms with Crippen LogP contribution < -0.4 is 0 Å². The molecule has 0 amide bonds. The van der Waals surface area contributed by atoms with Gasteiger partial charge in [-0.05, 0) is 19.1 Å². The zero-order chi connectivity index (χ0) is 13.6. The summed E-state index contributed by atoms with van der Waals surface area (Å²) in [6, 6.07) is 6.77. The van der Waals surface area contributed by atoms with Crippen molar-refractivity contribution in [3.8, 4) is 17.0 Å².